The van der Waals surface area contributed by atoms with Gasteiger partial charge in [0.05, 0.1) is 7.11 Å². The number of benzene rings is 1. The molecule has 1 aromatic carbocycles. The largest absolute Gasteiger partial charge is 0.497 e. The van der Waals surface area contributed by atoms with E-state index in [2.05, 4.69) is 9.98 Å². The fourth-order valence-electron chi connectivity index (χ4n) is 1.74. The van der Waals surface area contributed by atoms with Gasteiger partial charge in [-0.2, -0.15) is 9.98 Å². The number of pyridine rings is 1. The highest BCUT2D eigenvalue weighted by Crippen LogP contribution is 2.13. The van der Waals surface area contributed by atoms with Crippen LogP contribution >= 0.6 is 11.5 Å². The summed E-state index contributed by atoms with van der Waals surface area (Å²) in [5, 5.41) is 0. The molecule has 0 bridgehead atoms. The van der Waals surface area contributed by atoms with Gasteiger partial charge in [-0.15, -0.1) is 0 Å². The van der Waals surface area contributed by atoms with E-state index < -0.39 is 0 Å². The first-order chi connectivity index (χ1) is 9.76. The van der Waals surface area contributed by atoms with Gasteiger partial charge in [-0.25, -0.2) is 0 Å². The van der Waals surface area contributed by atoms with Crippen LogP contribution in [0, 0.1) is 0 Å². The van der Waals surface area contributed by atoms with Gasteiger partial charge in [0.2, 0.25) is 4.80 Å². The minimum absolute atomic E-state index is 0.330. The molecular formula is C14H11N3O2S. The van der Waals surface area contributed by atoms with Gasteiger partial charge in [0.15, 0.2) is 0 Å². The minimum Gasteiger partial charge on any atom is -0.497 e. The highest BCUT2D eigenvalue weighted by atomic mass is 32.1. The lowest BCUT2D eigenvalue weighted by molar-refractivity contribution is 0.0998. The highest BCUT2D eigenvalue weighted by Gasteiger charge is 2.06. The molecule has 2 heterocycles. The van der Waals surface area contributed by atoms with Gasteiger partial charge in [-0.05, 0) is 41.9 Å². The number of hydrogen-bond donors (Lipinski definition) is 0. The van der Waals surface area contributed by atoms with Crippen LogP contribution in [0.4, 0.5) is 0 Å². The minimum atomic E-state index is -0.330. The smallest absolute Gasteiger partial charge is 0.279 e. The van der Waals surface area contributed by atoms with E-state index in [-0.39, 0.29) is 5.91 Å². The van der Waals surface area contributed by atoms with Crippen molar-refractivity contribution in [1.82, 2.24) is 8.77 Å². The third-order valence-electron chi connectivity index (χ3n) is 2.71. The number of fused-ring (bicyclic) bond motifs is 1. The molecule has 0 unspecified atom stereocenters. The maximum absolute atomic E-state index is 12.1. The topological polar surface area (TPSA) is 56.0 Å². The SMILES string of the molecule is COc1cccc(C(=O)N=c2nc3ccccn3s2)c1. The lowest BCUT2D eigenvalue weighted by Crippen LogP contribution is -2.05. The number of aromatic nitrogens is 2. The summed E-state index contributed by atoms with van der Waals surface area (Å²) in [5.74, 6) is 0.299. The predicted molar refractivity (Wildman–Crippen MR) is 76.0 cm³/mol. The Labute approximate surface area is 119 Å². The molecule has 0 saturated heterocycles. The van der Waals surface area contributed by atoms with Gasteiger partial charge < -0.3 is 4.74 Å². The quantitative estimate of drug-likeness (QED) is 0.725. The first kappa shape index (κ1) is 12.6. The normalized spacial score (nSPS) is 11.8. The number of methoxy groups -OCH3 is 1. The summed E-state index contributed by atoms with van der Waals surface area (Å²) in [6.07, 6.45) is 1.88. The molecule has 0 fully saturated rings. The third kappa shape index (κ3) is 2.46. The molecule has 0 aliphatic carbocycles. The van der Waals surface area contributed by atoms with Crippen molar-refractivity contribution in [3.05, 3.63) is 59.0 Å². The number of nitrogens with zero attached hydrogens (tertiary/aromatic N) is 3. The van der Waals surface area contributed by atoms with E-state index in [9.17, 15) is 4.79 Å². The molecule has 100 valence electrons. The fraction of sp³-hybridized carbons (Fsp3) is 0.0714. The highest BCUT2D eigenvalue weighted by molar-refractivity contribution is 7.03. The first-order valence-electron chi connectivity index (χ1n) is 5.94. The monoisotopic (exact) mass is 285 g/mol. The maximum Gasteiger partial charge on any atom is 0.279 e. The Bertz CT molecular complexity index is 799. The Kier molecular flexibility index (Phi) is 3.30. The molecule has 20 heavy (non-hydrogen) atoms. The summed E-state index contributed by atoms with van der Waals surface area (Å²) in [7, 11) is 1.56. The second kappa shape index (κ2) is 5.26. The molecule has 3 aromatic rings. The van der Waals surface area contributed by atoms with Crippen LogP contribution in [-0.2, 0) is 0 Å². The number of ether oxygens (including phenoxy) is 1. The van der Waals surface area contributed by atoms with E-state index >= 15 is 0 Å². The van der Waals surface area contributed by atoms with Crippen LogP contribution in [0.3, 0.4) is 0 Å². The molecule has 0 N–H and O–H groups in total. The van der Waals surface area contributed by atoms with E-state index in [0.717, 1.165) is 5.65 Å². The Balaban J connectivity index is 1.99. The van der Waals surface area contributed by atoms with Crippen LogP contribution in [0.5, 0.6) is 5.75 Å². The van der Waals surface area contributed by atoms with Crippen LogP contribution < -0.4 is 9.54 Å². The molecule has 5 nitrogen and oxygen atoms in total. The van der Waals surface area contributed by atoms with E-state index in [1.807, 2.05) is 28.2 Å². The lowest BCUT2D eigenvalue weighted by atomic mass is 10.2. The first-order valence-corrected chi connectivity index (χ1v) is 6.71. The summed E-state index contributed by atoms with van der Waals surface area (Å²) in [6, 6.07) is 12.6. The Morgan fingerprint density at radius 3 is 3.00 bits per heavy atom. The number of carbonyl (C=O) groups is 1. The van der Waals surface area contributed by atoms with Crippen molar-refractivity contribution >= 4 is 23.1 Å². The van der Waals surface area contributed by atoms with Crippen LogP contribution in [0.1, 0.15) is 10.4 Å². The van der Waals surface area contributed by atoms with Gasteiger partial charge in [0.25, 0.3) is 5.91 Å². The molecule has 0 atom stereocenters. The predicted octanol–water partition coefficient (Wildman–Crippen LogP) is 2.15. The van der Waals surface area contributed by atoms with Crippen LogP contribution in [0.2, 0.25) is 0 Å². The fourth-order valence-corrected chi connectivity index (χ4v) is 2.50. The van der Waals surface area contributed by atoms with Crippen molar-refractivity contribution in [1.29, 1.82) is 0 Å². The molecular weight excluding hydrogens is 274 g/mol. The van der Waals surface area contributed by atoms with Crippen LogP contribution in [-0.4, -0.2) is 21.8 Å². The van der Waals surface area contributed by atoms with Crippen LogP contribution in [0.25, 0.3) is 5.65 Å². The van der Waals surface area contributed by atoms with Crippen molar-refractivity contribution in [2.24, 2.45) is 4.99 Å². The summed E-state index contributed by atoms with van der Waals surface area (Å²) >= 11 is 1.32. The molecule has 1 amide bonds. The van der Waals surface area contributed by atoms with Crippen molar-refractivity contribution in [2.75, 3.05) is 7.11 Å². The molecule has 0 radical (unpaired) electrons. The second-order valence-electron chi connectivity index (χ2n) is 4.02. The van der Waals surface area contributed by atoms with Gasteiger partial charge >= 0.3 is 0 Å². The molecule has 3 rings (SSSR count). The van der Waals surface area contributed by atoms with Crippen molar-refractivity contribution in [3.63, 3.8) is 0 Å². The van der Waals surface area contributed by atoms with Crippen molar-refractivity contribution < 1.29 is 9.53 Å². The van der Waals surface area contributed by atoms with E-state index in [1.165, 1.54) is 11.5 Å². The Morgan fingerprint density at radius 1 is 1.30 bits per heavy atom. The zero-order chi connectivity index (χ0) is 13.9. The molecule has 2 aromatic heterocycles. The van der Waals surface area contributed by atoms with Gasteiger partial charge in [-0.3, -0.25) is 8.58 Å². The third-order valence-corrected chi connectivity index (χ3v) is 3.56. The number of rotatable bonds is 2. The molecule has 0 aliphatic rings. The summed E-state index contributed by atoms with van der Waals surface area (Å²) in [5.41, 5.74) is 1.25. The second-order valence-corrected chi connectivity index (χ2v) is 4.96. The lowest BCUT2D eigenvalue weighted by Gasteiger charge is -1.99. The average molecular weight is 285 g/mol. The number of amides is 1. The summed E-state index contributed by atoms with van der Waals surface area (Å²) in [4.78, 5) is 20.8. The molecule has 0 spiro atoms. The van der Waals surface area contributed by atoms with E-state index in [4.69, 9.17) is 4.74 Å². The van der Waals surface area contributed by atoms with Gasteiger partial charge in [0.1, 0.15) is 11.4 Å². The Hall–Kier alpha value is -2.47. The average Bonchev–Trinajstić information content (AvgIpc) is 2.89. The zero-order valence-electron chi connectivity index (χ0n) is 10.7. The molecule has 6 heteroatoms. The van der Waals surface area contributed by atoms with E-state index in [0.29, 0.717) is 16.1 Å². The van der Waals surface area contributed by atoms with Gasteiger partial charge in [-0.1, -0.05) is 12.1 Å². The molecule has 0 aliphatic heterocycles. The maximum atomic E-state index is 12.1. The van der Waals surface area contributed by atoms with Crippen molar-refractivity contribution in [3.8, 4) is 5.75 Å². The zero-order valence-corrected chi connectivity index (χ0v) is 11.5. The van der Waals surface area contributed by atoms with Crippen molar-refractivity contribution in [2.45, 2.75) is 0 Å². The summed E-state index contributed by atoms with van der Waals surface area (Å²) in [6.45, 7) is 0. The Morgan fingerprint density at radius 2 is 2.20 bits per heavy atom. The number of carbonyl (C=O) groups excluding carboxylic acids is 1. The van der Waals surface area contributed by atoms with Crippen LogP contribution in [0.15, 0.2) is 53.7 Å². The summed E-state index contributed by atoms with van der Waals surface area (Å²) < 4.78 is 6.95. The van der Waals surface area contributed by atoms with E-state index in [1.54, 1.807) is 31.4 Å². The van der Waals surface area contributed by atoms with Gasteiger partial charge in [0, 0.05) is 11.8 Å². The standard InChI is InChI=1S/C14H11N3O2S/c1-19-11-6-4-5-10(9-11)13(18)16-14-15-12-7-2-3-8-17(12)20-14/h2-9H,1H3. The molecule has 0 saturated carbocycles. The number of hydrogen-bond acceptors (Lipinski definition) is 4.